The highest BCUT2D eigenvalue weighted by Crippen LogP contribution is 2.14. The monoisotopic (exact) mass is 253 g/mol. The van der Waals surface area contributed by atoms with Crippen molar-refractivity contribution in [3.8, 4) is 0 Å². The Bertz CT molecular complexity index is 453. The van der Waals surface area contributed by atoms with Crippen molar-refractivity contribution in [3.63, 3.8) is 0 Å². The second-order valence-electron chi connectivity index (χ2n) is 4.38. The molecule has 0 bridgehead atoms. The van der Waals surface area contributed by atoms with Gasteiger partial charge in [-0.15, -0.1) is 0 Å². The first-order valence-corrected chi connectivity index (χ1v) is 5.80. The minimum Gasteiger partial charge on any atom is -0.478 e. The zero-order valence-corrected chi connectivity index (χ0v) is 10.0. The van der Waals surface area contributed by atoms with Crippen LogP contribution in [0.1, 0.15) is 40.7 Å². The zero-order chi connectivity index (χ0) is 13.1. The van der Waals surface area contributed by atoms with Crippen LogP contribution in [0.4, 0.5) is 0 Å². The maximum atomic E-state index is 11.8. The largest absolute Gasteiger partial charge is 0.478 e. The SMILES string of the molecule is CC1CC(NC(=O)c2cc(C(=O)O)co2)CCO1. The third kappa shape index (κ3) is 2.89. The van der Waals surface area contributed by atoms with E-state index in [1.54, 1.807) is 0 Å². The first-order chi connectivity index (χ1) is 8.56. The topological polar surface area (TPSA) is 88.8 Å². The number of amides is 1. The van der Waals surface area contributed by atoms with E-state index in [4.69, 9.17) is 14.3 Å². The van der Waals surface area contributed by atoms with Crippen molar-refractivity contribution >= 4 is 11.9 Å². The van der Waals surface area contributed by atoms with Crippen LogP contribution in [0.5, 0.6) is 0 Å². The smallest absolute Gasteiger partial charge is 0.338 e. The lowest BCUT2D eigenvalue weighted by Crippen LogP contribution is -2.41. The fourth-order valence-corrected chi connectivity index (χ4v) is 1.95. The summed E-state index contributed by atoms with van der Waals surface area (Å²) in [4.78, 5) is 22.5. The van der Waals surface area contributed by atoms with Crippen LogP contribution < -0.4 is 5.32 Å². The molecule has 6 heteroatoms. The Hall–Kier alpha value is -1.82. The number of carboxylic acids is 1. The van der Waals surface area contributed by atoms with Crippen molar-refractivity contribution < 1.29 is 23.8 Å². The first-order valence-electron chi connectivity index (χ1n) is 5.80. The standard InChI is InChI=1S/C12H15NO5/c1-7-4-9(2-3-17-7)13-11(14)10-5-8(6-18-10)12(15)16/h5-7,9H,2-4H2,1H3,(H,13,14)(H,15,16). The number of carboxylic acid groups (broad SMARTS) is 1. The van der Waals surface area contributed by atoms with Crippen LogP contribution in [-0.4, -0.2) is 35.7 Å². The van der Waals surface area contributed by atoms with Gasteiger partial charge >= 0.3 is 5.97 Å². The molecule has 1 aromatic rings. The van der Waals surface area contributed by atoms with E-state index in [0.717, 1.165) is 19.1 Å². The highest BCUT2D eigenvalue weighted by Gasteiger charge is 2.23. The second kappa shape index (κ2) is 5.22. The van der Waals surface area contributed by atoms with Gasteiger partial charge in [0.05, 0.1) is 11.7 Å². The van der Waals surface area contributed by atoms with E-state index in [2.05, 4.69) is 5.32 Å². The van der Waals surface area contributed by atoms with Gasteiger partial charge in [-0.1, -0.05) is 0 Å². The summed E-state index contributed by atoms with van der Waals surface area (Å²) >= 11 is 0. The molecular formula is C12H15NO5. The molecule has 2 unspecified atom stereocenters. The van der Waals surface area contributed by atoms with E-state index in [9.17, 15) is 9.59 Å². The molecule has 2 atom stereocenters. The number of ether oxygens (including phenoxy) is 1. The summed E-state index contributed by atoms with van der Waals surface area (Å²) in [7, 11) is 0. The van der Waals surface area contributed by atoms with Crippen LogP contribution in [0.25, 0.3) is 0 Å². The van der Waals surface area contributed by atoms with Gasteiger partial charge in [0.25, 0.3) is 5.91 Å². The lowest BCUT2D eigenvalue weighted by molar-refractivity contribution is 0.0134. The van der Waals surface area contributed by atoms with Crippen molar-refractivity contribution in [2.45, 2.75) is 31.9 Å². The van der Waals surface area contributed by atoms with Crippen molar-refractivity contribution in [1.29, 1.82) is 0 Å². The van der Waals surface area contributed by atoms with Crippen LogP contribution in [-0.2, 0) is 4.74 Å². The van der Waals surface area contributed by atoms with Gasteiger partial charge in [0.2, 0.25) is 0 Å². The zero-order valence-electron chi connectivity index (χ0n) is 10.0. The average molecular weight is 253 g/mol. The summed E-state index contributed by atoms with van der Waals surface area (Å²) in [5, 5.41) is 11.5. The Kier molecular flexibility index (Phi) is 3.66. The van der Waals surface area contributed by atoms with E-state index >= 15 is 0 Å². The first kappa shape index (κ1) is 12.6. The number of carbonyl (C=O) groups excluding carboxylic acids is 1. The van der Waals surface area contributed by atoms with E-state index in [-0.39, 0.29) is 29.4 Å². The van der Waals surface area contributed by atoms with Crippen molar-refractivity contribution in [3.05, 3.63) is 23.7 Å². The van der Waals surface area contributed by atoms with E-state index < -0.39 is 5.97 Å². The van der Waals surface area contributed by atoms with Gasteiger partial charge in [0, 0.05) is 18.7 Å². The Morgan fingerprint density at radius 1 is 1.50 bits per heavy atom. The molecule has 1 aliphatic heterocycles. The molecule has 2 N–H and O–H groups in total. The molecule has 0 aromatic carbocycles. The Balaban J connectivity index is 1.96. The summed E-state index contributed by atoms with van der Waals surface area (Å²) in [6, 6.07) is 1.26. The van der Waals surface area contributed by atoms with Crippen LogP contribution in [0.3, 0.4) is 0 Å². The van der Waals surface area contributed by atoms with Gasteiger partial charge in [-0.3, -0.25) is 4.79 Å². The maximum absolute atomic E-state index is 11.8. The fourth-order valence-electron chi connectivity index (χ4n) is 1.95. The summed E-state index contributed by atoms with van der Waals surface area (Å²) in [6.45, 7) is 2.57. The second-order valence-corrected chi connectivity index (χ2v) is 4.38. The minimum atomic E-state index is -1.11. The molecule has 18 heavy (non-hydrogen) atoms. The molecule has 98 valence electrons. The van der Waals surface area contributed by atoms with Crippen LogP contribution in [0.15, 0.2) is 16.7 Å². The number of hydrogen-bond acceptors (Lipinski definition) is 4. The molecule has 0 radical (unpaired) electrons. The molecular weight excluding hydrogens is 238 g/mol. The van der Waals surface area contributed by atoms with E-state index in [1.165, 1.54) is 6.07 Å². The van der Waals surface area contributed by atoms with Crippen molar-refractivity contribution in [2.75, 3.05) is 6.61 Å². The number of aromatic carboxylic acids is 1. The molecule has 2 heterocycles. The Morgan fingerprint density at radius 2 is 2.28 bits per heavy atom. The van der Waals surface area contributed by atoms with Gasteiger partial charge in [0.1, 0.15) is 6.26 Å². The van der Waals surface area contributed by atoms with Gasteiger partial charge in [-0.05, 0) is 19.8 Å². The van der Waals surface area contributed by atoms with Crippen molar-refractivity contribution in [1.82, 2.24) is 5.32 Å². The fraction of sp³-hybridized carbons (Fsp3) is 0.500. The maximum Gasteiger partial charge on any atom is 0.338 e. The van der Waals surface area contributed by atoms with Crippen LogP contribution in [0, 0.1) is 0 Å². The van der Waals surface area contributed by atoms with E-state index in [1.807, 2.05) is 6.92 Å². The highest BCUT2D eigenvalue weighted by atomic mass is 16.5. The van der Waals surface area contributed by atoms with Crippen molar-refractivity contribution in [2.24, 2.45) is 0 Å². The van der Waals surface area contributed by atoms with Gasteiger partial charge in [-0.2, -0.15) is 0 Å². The normalized spacial score (nSPS) is 23.6. The lowest BCUT2D eigenvalue weighted by Gasteiger charge is -2.27. The molecule has 1 amide bonds. The molecule has 0 spiro atoms. The molecule has 0 saturated carbocycles. The molecule has 0 aliphatic carbocycles. The minimum absolute atomic E-state index is 0.0199. The summed E-state index contributed by atoms with van der Waals surface area (Å²) in [6.07, 6.45) is 2.68. The number of furan rings is 1. The summed E-state index contributed by atoms with van der Waals surface area (Å²) < 4.78 is 10.3. The van der Waals surface area contributed by atoms with Crippen LogP contribution >= 0.6 is 0 Å². The highest BCUT2D eigenvalue weighted by molar-refractivity contribution is 5.95. The lowest BCUT2D eigenvalue weighted by atomic mass is 10.0. The number of carbonyl (C=O) groups is 2. The Labute approximate surface area is 104 Å². The third-order valence-corrected chi connectivity index (χ3v) is 2.89. The van der Waals surface area contributed by atoms with E-state index in [0.29, 0.717) is 6.61 Å². The van der Waals surface area contributed by atoms with Gasteiger partial charge < -0.3 is 19.6 Å². The molecule has 2 rings (SSSR count). The average Bonchev–Trinajstić information content (AvgIpc) is 2.78. The number of nitrogens with one attached hydrogen (secondary N) is 1. The van der Waals surface area contributed by atoms with Gasteiger partial charge in [-0.25, -0.2) is 4.79 Å². The molecule has 1 aromatic heterocycles. The molecule has 1 fully saturated rings. The molecule has 1 saturated heterocycles. The molecule has 1 aliphatic rings. The quantitative estimate of drug-likeness (QED) is 0.846. The predicted octanol–water partition coefficient (Wildman–Crippen LogP) is 1.28. The Morgan fingerprint density at radius 3 is 2.89 bits per heavy atom. The third-order valence-electron chi connectivity index (χ3n) is 2.89. The number of hydrogen-bond donors (Lipinski definition) is 2. The summed E-state index contributed by atoms with van der Waals surface area (Å²) in [5.41, 5.74) is -0.0273. The summed E-state index contributed by atoms with van der Waals surface area (Å²) in [5.74, 6) is -1.48. The van der Waals surface area contributed by atoms with Crippen LogP contribution in [0.2, 0.25) is 0 Å². The predicted molar refractivity (Wildman–Crippen MR) is 61.6 cm³/mol. The van der Waals surface area contributed by atoms with Gasteiger partial charge in [0.15, 0.2) is 5.76 Å². The number of rotatable bonds is 3. The molecule has 6 nitrogen and oxygen atoms in total.